The second kappa shape index (κ2) is 11.1. The number of hydrogen-bond donors (Lipinski definition) is 1. The van der Waals surface area contributed by atoms with E-state index in [4.69, 9.17) is 23.2 Å². The zero-order valence-electron chi connectivity index (χ0n) is 15.9. The molecule has 1 fully saturated rings. The number of benzene rings is 2. The largest absolute Gasteiger partial charge is 0.355 e. The second-order valence-corrected chi connectivity index (χ2v) is 9.15. The lowest BCUT2D eigenvalue weighted by atomic mass is 9.96. The first-order chi connectivity index (χ1) is 13.6. The minimum atomic E-state index is 0.0855. The number of rotatable bonds is 8. The standard InChI is InChI=1S/C22H26Cl2N2OS/c23-20-7-3-17(4-8-20)14-26-12-1-2-19(15-26)22(27)25-11-13-28-16-18-5-9-21(24)10-6-18/h3-10,19H,1-2,11-16H2,(H,25,27). The van der Waals surface area contributed by atoms with Crippen LogP contribution in [-0.4, -0.2) is 36.2 Å². The molecule has 0 aliphatic carbocycles. The van der Waals surface area contributed by atoms with E-state index < -0.39 is 0 Å². The van der Waals surface area contributed by atoms with Crippen molar-refractivity contribution < 1.29 is 4.79 Å². The SMILES string of the molecule is O=C(NCCSCc1ccc(Cl)cc1)C1CCCN(Cc2ccc(Cl)cc2)C1. The zero-order valence-corrected chi connectivity index (χ0v) is 18.2. The van der Waals surface area contributed by atoms with Gasteiger partial charge in [-0.2, -0.15) is 11.8 Å². The van der Waals surface area contributed by atoms with Crippen molar-refractivity contribution in [2.45, 2.75) is 25.1 Å². The van der Waals surface area contributed by atoms with Crippen LogP contribution in [0, 0.1) is 5.92 Å². The highest BCUT2D eigenvalue weighted by molar-refractivity contribution is 7.98. The molecule has 1 amide bonds. The van der Waals surface area contributed by atoms with Gasteiger partial charge in [0.15, 0.2) is 0 Å². The quantitative estimate of drug-likeness (QED) is 0.573. The number of carbonyl (C=O) groups is 1. The normalized spacial score (nSPS) is 17.4. The molecule has 2 aromatic rings. The van der Waals surface area contributed by atoms with Gasteiger partial charge >= 0.3 is 0 Å². The Bertz CT molecular complexity index is 752. The molecule has 1 heterocycles. The summed E-state index contributed by atoms with van der Waals surface area (Å²) < 4.78 is 0. The maximum absolute atomic E-state index is 12.5. The number of thioether (sulfide) groups is 1. The zero-order chi connectivity index (χ0) is 19.8. The highest BCUT2D eigenvalue weighted by Crippen LogP contribution is 2.20. The molecule has 150 valence electrons. The predicted molar refractivity (Wildman–Crippen MR) is 120 cm³/mol. The van der Waals surface area contributed by atoms with Crippen molar-refractivity contribution in [3.63, 3.8) is 0 Å². The molecular formula is C22H26Cl2N2OS. The third-order valence-electron chi connectivity index (χ3n) is 4.92. The summed E-state index contributed by atoms with van der Waals surface area (Å²) in [6.45, 7) is 3.46. The molecule has 0 aromatic heterocycles. The van der Waals surface area contributed by atoms with Crippen molar-refractivity contribution in [3.8, 4) is 0 Å². The molecule has 6 heteroatoms. The van der Waals surface area contributed by atoms with Crippen LogP contribution in [0.15, 0.2) is 48.5 Å². The lowest BCUT2D eigenvalue weighted by Gasteiger charge is -2.32. The van der Waals surface area contributed by atoms with E-state index in [1.165, 1.54) is 11.1 Å². The Morgan fingerprint density at radius 1 is 1.04 bits per heavy atom. The van der Waals surface area contributed by atoms with Crippen LogP contribution < -0.4 is 5.32 Å². The van der Waals surface area contributed by atoms with Gasteiger partial charge < -0.3 is 5.32 Å². The van der Waals surface area contributed by atoms with E-state index in [1.807, 2.05) is 48.2 Å². The third-order valence-corrected chi connectivity index (χ3v) is 6.46. The molecule has 1 N–H and O–H groups in total. The van der Waals surface area contributed by atoms with E-state index in [9.17, 15) is 4.79 Å². The van der Waals surface area contributed by atoms with Gasteiger partial charge in [-0.15, -0.1) is 0 Å². The minimum absolute atomic E-state index is 0.0855. The Labute approximate surface area is 181 Å². The summed E-state index contributed by atoms with van der Waals surface area (Å²) in [5.41, 5.74) is 2.50. The number of hydrogen-bond acceptors (Lipinski definition) is 3. The van der Waals surface area contributed by atoms with E-state index in [1.54, 1.807) is 0 Å². The van der Waals surface area contributed by atoms with Crippen LogP contribution in [0.4, 0.5) is 0 Å². The summed E-state index contributed by atoms with van der Waals surface area (Å²) in [5.74, 6) is 2.12. The second-order valence-electron chi connectivity index (χ2n) is 7.17. The van der Waals surface area contributed by atoms with Gasteiger partial charge in [0.25, 0.3) is 0 Å². The van der Waals surface area contributed by atoms with Crippen molar-refractivity contribution in [1.29, 1.82) is 0 Å². The molecule has 1 unspecified atom stereocenters. The minimum Gasteiger partial charge on any atom is -0.355 e. The Morgan fingerprint density at radius 2 is 1.68 bits per heavy atom. The van der Waals surface area contributed by atoms with Crippen LogP contribution in [0.25, 0.3) is 0 Å². The Kier molecular flexibility index (Phi) is 8.53. The van der Waals surface area contributed by atoms with Gasteiger partial charge in [-0.3, -0.25) is 9.69 Å². The Morgan fingerprint density at radius 3 is 2.36 bits per heavy atom. The number of likely N-dealkylation sites (tertiary alicyclic amines) is 1. The summed E-state index contributed by atoms with van der Waals surface area (Å²) in [5, 5.41) is 4.64. The molecule has 1 aliphatic rings. The molecule has 1 aliphatic heterocycles. The van der Waals surface area contributed by atoms with Gasteiger partial charge in [0.05, 0.1) is 5.92 Å². The lowest BCUT2D eigenvalue weighted by Crippen LogP contribution is -2.43. The fraction of sp³-hybridized carbons (Fsp3) is 0.409. The molecule has 2 aromatic carbocycles. The first-order valence-electron chi connectivity index (χ1n) is 9.67. The van der Waals surface area contributed by atoms with Gasteiger partial charge in [0.1, 0.15) is 0 Å². The number of nitrogens with zero attached hydrogens (tertiary/aromatic N) is 1. The number of amides is 1. The number of carbonyl (C=O) groups excluding carboxylic acids is 1. The van der Waals surface area contributed by atoms with Crippen molar-refractivity contribution in [1.82, 2.24) is 10.2 Å². The predicted octanol–water partition coefficient (Wildman–Crippen LogP) is 5.26. The van der Waals surface area contributed by atoms with Gasteiger partial charge in [-0.1, -0.05) is 47.5 Å². The smallest absolute Gasteiger partial charge is 0.224 e. The molecule has 1 atom stereocenters. The van der Waals surface area contributed by atoms with Crippen LogP contribution in [0.5, 0.6) is 0 Å². The van der Waals surface area contributed by atoms with E-state index in [2.05, 4.69) is 22.3 Å². The molecular weight excluding hydrogens is 411 g/mol. The fourth-order valence-electron chi connectivity index (χ4n) is 3.42. The molecule has 1 saturated heterocycles. The van der Waals surface area contributed by atoms with Gasteiger partial charge in [0.2, 0.25) is 5.91 Å². The summed E-state index contributed by atoms with van der Waals surface area (Å²) in [6, 6.07) is 15.9. The number of piperidine rings is 1. The van der Waals surface area contributed by atoms with Crippen LogP contribution in [0.1, 0.15) is 24.0 Å². The molecule has 0 radical (unpaired) electrons. The van der Waals surface area contributed by atoms with Crippen LogP contribution >= 0.6 is 35.0 Å². The van der Waals surface area contributed by atoms with Gasteiger partial charge in [0, 0.05) is 41.2 Å². The van der Waals surface area contributed by atoms with E-state index >= 15 is 0 Å². The maximum atomic E-state index is 12.5. The summed E-state index contributed by atoms with van der Waals surface area (Å²) in [6.07, 6.45) is 2.04. The number of nitrogens with one attached hydrogen (secondary N) is 1. The molecule has 28 heavy (non-hydrogen) atoms. The highest BCUT2D eigenvalue weighted by Gasteiger charge is 2.25. The summed E-state index contributed by atoms with van der Waals surface area (Å²) >= 11 is 13.7. The highest BCUT2D eigenvalue weighted by atomic mass is 35.5. The van der Waals surface area contributed by atoms with E-state index in [0.717, 1.165) is 54.0 Å². The fourth-order valence-corrected chi connectivity index (χ4v) is 4.49. The first kappa shape index (κ1) is 21.5. The van der Waals surface area contributed by atoms with Crippen molar-refractivity contribution in [3.05, 3.63) is 69.7 Å². The summed E-state index contributed by atoms with van der Waals surface area (Å²) in [7, 11) is 0. The van der Waals surface area contributed by atoms with Crippen LogP contribution in [-0.2, 0) is 17.1 Å². The molecule has 3 rings (SSSR count). The van der Waals surface area contributed by atoms with Gasteiger partial charge in [-0.05, 0) is 54.8 Å². The lowest BCUT2D eigenvalue weighted by molar-refractivity contribution is -0.126. The topological polar surface area (TPSA) is 32.3 Å². The monoisotopic (exact) mass is 436 g/mol. The summed E-state index contributed by atoms with van der Waals surface area (Å²) in [4.78, 5) is 14.9. The number of halogens is 2. The Hall–Kier alpha value is -1.20. The maximum Gasteiger partial charge on any atom is 0.224 e. The average Bonchev–Trinajstić information content (AvgIpc) is 2.71. The van der Waals surface area contributed by atoms with E-state index in [-0.39, 0.29) is 11.8 Å². The van der Waals surface area contributed by atoms with Gasteiger partial charge in [-0.25, -0.2) is 0 Å². The average molecular weight is 437 g/mol. The Balaban J connectivity index is 1.35. The van der Waals surface area contributed by atoms with E-state index in [0.29, 0.717) is 6.54 Å². The first-order valence-corrected chi connectivity index (χ1v) is 11.6. The molecule has 0 bridgehead atoms. The molecule has 0 saturated carbocycles. The molecule has 0 spiro atoms. The molecule has 3 nitrogen and oxygen atoms in total. The van der Waals surface area contributed by atoms with Crippen molar-refractivity contribution in [2.75, 3.05) is 25.4 Å². The van der Waals surface area contributed by atoms with Crippen LogP contribution in [0.3, 0.4) is 0 Å². The van der Waals surface area contributed by atoms with Crippen LogP contribution in [0.2, 0.25) is 10.0 Å². The van der Waals surface area contributed by atoms with Crippen molar-refractivity contribution >= 4 is 40.9 Å². The van der Waals surface area contributed by atoms with Crippen molar-refractivity contribution in [2.24, 2.45) is 5.92 Å². The third kappa shape index (κ3) is 7.00.